The Bertz CT molecular complexity index is 352. The molecule has 0 heterocycles. The van der Waals surface area contributed by atoms with E-state index < -0.39 is 0 Å². The first-order chi connectivity index (χ1) is 9.13. The summed E-state index contributed by atoms with van der Waals surface area (Å²) in [4.78, 5) is 0. The van der Waals surface area contributed by atoms with Gasteiger partial charge in [0.1, 0.15) is 5.75 Å². The van der Waals surface area contributed by atoms with E-state index in [1.165, 1.54) is 5.56 Å². The fourth-order valence-electron chi connectivity index (χ4n) is 1.89. The standard InChI is InChI=1S/C16H28N2O/c1-5-19-16-9-7-6-8-15(16)12-18-14(4)11-17-10-13(2)3/h6-9,13-14,17-18H,5,10-12H2,1-4H3. The van der Waals surface area contributed by atoms with Crippen LogP contribution in [0.4, 0.5) is 0 Å². The molecule has 0 radical (unpaired) electrons. The lowest BCUT2D eigenvalue weighted by Gasteiger charge is -2.17. The molecule has 2 N–H and O–H groups in total. The van der Waals surface area contributed by atoms with Crippen molar-refractivity contribution in [3.8, 4) is 5.75 Å². The number of para-hydroxylation sites is 1. The Morgan fingerprint density at radius 1 is 1.11 bits per heavy atom. The van der Waals surface area contributed by atoms with E-state index in [0.29, 0.717) is 18.6 Å². The van der Waals surface area contributed by atoms with E-state index in [9.17, 15) is 0 Å². The van der Waals surface area contributed by atoms with Gasteiger partial charge in [-0.05, 0) is 32.4 Å². The molecule has 0 aromatic heterocycles. The van der Waals surface area contributed by atoms with Gasteiger partial charge < -0.3 is 15.4 Å². The highest BCUT2D eigenvalue weighted by Crippen LogP contribution is 2.17. The van der Waals surface area contributed by atoms with Crippen LogP contribution in [-0.4, -0.2) is 25.7 Å². The van der Waals surface area contributed by atoms with Crippen LogP contribution in [0.2, 0.25) is 0 Å². The van der Waals surface area contributed by atoms with Gasteiger partial charge in [-0.2, -0.15) is 0 Å². The molecule has 3 nitrogen and oxygen atoms in total. The van der Waals surface area contributed by atoms with Crippen LogP contribution < -0.4 is 15.4 Å². The largest absolute Gasteiger partial charge is 0.494 e. The smallest absolute Gasteiger partial charge is 0.123 e. The lowest BCUT2D eigenvalue weighted by molar-refractivity contribution is 0.334. The highest BCUT2D eigenvalue weighted by Gasteiger charge is 2.05. The van der Waals surface area contributed by atoms with E-state index >= 15 is 0 Å². The average Bonchev–Trinajstić information content (AvgIpc) is 2.37. The monoisotopic (exact) mass is 264 g/mol. The van der Waals surface area contributed by atoms with Gasteiger partial charge >= 0.3 is 0 Å². The number of hydrogen-bond donors (Lipinski definition) is 2. The summed E-state index contributed by atoms with van der Waals surface area (Å²) in [5.41, 5.74) is 1.22. The number of nitrogens with one attached hydrogen (secondary N) is 2. The maximum Gasteiger partial charge on any atom is 0.123 e. The number of rotatable bonds is 9. The Balaban J connectivity index is 2.35. The van der Waals surface area contributed by atoms with Crippen molar-refractivity contribution in [2.24, 2.45) is 5.92 Å². The third-order valence-electron chi connectivity index (χ3n) is 2.92. The molecule has 0 aliphatic rings. The summed E-state index contributed by atoms with van der Waals surface area (Å²) in [6.45, 7) is 12.3. The zero-order chi connectivity index (χ0) is 14.1. The van der Waals surface area contributed by atoms with E-state index in [2.05, 4.69) is 43.5 Å². The average molecular weight is 264 g/mol. The van der Waals surface area contributed by atoms with E-state index in [4.69, 9.17) is 4.74 Å². The zero-order valence-electron chi connectivity index (χ0n) is 12.7. The summed E-state index contributed by atoms with van der Waals surface area (Å²) in [6, 6.07) is 8.67. The molecule has 0 bridgehead atoms. The second-order valence-corrected chi connectivity index (χ2v) is 5.37. The second kappa shape index (κ2) is 8.94. The van der Waals surface area contributed by atoms with Gasteiger partial charge in [-0.1, -0.05) is 32.0 Å². The minimum atomic E-state index is 0.452. The van der Waals surface area contributed by atoms with Crippen LogP contribution in [0.25, 0.3) is 0 Å². The molecule has 1 rings (SSSR count). The van der Waals surface area contributed by atoms with Gasteiger partial charge in [-0.25, -0.2) is 0 Å². The van der Waals surface area contributed by atoms with E-state index in [-0.39, 0.29) is 0 Å². The molecule has 0 aliphatic heterocycles. The van der Waals surface area contributed by atoms with Gasteiger partial charge in [0.05, 0.1) is 6.61 Å². The molecule has 1 unspecified atom stereocenters. The first-order valence-electron chi connectivity index (χ1n) is 7.28. The zero-order valence-corrected chi connectivity index (χ0v) is 12.7. The number of benzene rings is 1. The molecule has 0 aliphatic carbocycles. The summed E-state index contributed by atoms with van der Waals surface area (Å²) >= 11 is 0. The molecule has 1 aromatic rings. The predicted molar refractivity (Wildman–Crippen MR) is 81.6 cm³/mol. The predicted octanol–water partition coefficient (Wildman–Crippen LogP) is 2.81. The molecule has 0 fully saturated rings. The molecular weight excluding hydrogens is 236 g/mol. The summed E-state index contributed by atoms with van der Waals surface area (Å²) in [5.74, 6) is 1.69. The molecule has 1 aromatic carbocycles. The van der Waals surface area contributed by atoms with Crippen LogP contribution in [0.1, 0.15) is 33.3 Å². The van der Waals surface area contributed by atoms with Crippen LogP contribution in [-0.2, 0) is 6.54 Å². The summed E-state index contributed by atoms with van der Waals surface area (Å²) in [6.07, 6.45) is 0. The van der Waals surface area contributed by atoms with E-state index in [1.54, 1.807) is 0 Å². The van der Waals surface area contributed by atoms with E-state index in [1.807, 2.05) is 19.1 Å². The van der Waals surface area contributed by atoms with Gasteiger partial charge in [-0.3, -0.25) is 0 Å². The molecule has 3 heteroatoms. The molecule has 1 atom stereocenters. The lowest BCUT2D eigenvalue weighted by Crippen LogP contribution is -2.37. The quantitative estimate of drug-likeness (QED) is 0.719. The third kappa shape index (κ3) is 6.60. The van der Waals surface area contributed by atoms with Crippen LogP contribution in [0.3, 0.4) is 0 Å². The van der Waals surface area contributed by atoms with E-state index in [0.717, 1.165) is 25.4 Å². The van der Waals surface area contributed by atoms with Crippen molar-refractivity contribution in [2.45, 2.75) is 40.3 Å². The van der Waals surface area contributed by atoms with Gasteiger partial charge in [0.25, 0.3) is 0 Å². The minimum Gasteiger partial charge on any atom is -0.494 e. The Hall–Kier alpha value is -1.06. The first kappa shape index (κ1) is 16.0. The SMILES string of the molecule is CCOc1ccccc1CNC(C)CNCC(C)C. The molecule has 0 saturated heterocycles. The van der Waals surface area contributed by atoms with Gasteiger partial charge in [0.2, 0.25) is 0 Å². The molecule has 0 amide bonds. The Labute approximate surface area is 117 Å². The normalized spacial score (nSPS) is 12.7. The van der Waals surface area contributed by atoms with Crippen molar-refractivity contribution in [1.29, 1.82) is 0 Å². The van der Waals surface area contributed by atoms with Crippen molar-refractivity contribution >= 4 is 0 Å². The third-order valence-corrected chi connectivity index (χ3v) is 2.92. The maximum atomic E-state index is 5.63. The van der Waals surface area contributed by atoms with Crippen molar-refractivity contribution in [3.05, 3.63) is 29.8 Å². The maximum absolute atomic E-state index is 5.63. The lowest BCUT2D eigenvalue weighted by atomic mass is 10.2. The van der Waals surface area contributed by atoms with Gasteiger partial charge in [0.15, 0.2) is 0 Å². The van der Waals surface area contributed by atoms with Crippen molar-refractivity contribution in [2.75, 3.05) is 19.7 Å². The first-order valence-corrected chi connectivity index (χ1v) is 7.28. The molecular formula is C16H28N2O. The minimum absolute atomic E-state index is 0.452. The molecule has 0 saturated carbocycles. The summed E-state index contributed by atoms with van der Waals surface area (Å²) in [7, 11) is 0. The molecule has 0 spiro atoms. The molecule has 108 valence electrons. The van der Waals surface area contributed by atoms with Gasteiger partial charge in [-0.15, -0.1) is 0 Å². The fraction of sp³-hybridized carbons (Fsp3) is 0.625. The van der Waals surface area contributed by atoms with Crippen LogP contribution in [0.5, 0.6) is 5.75 Å². The van der Waals surface area contributed by atoms with Crippen molar-refractivity contribution in [1.82, 2.24) is 10.6 Å². The number of ether oxygens (including phenoxy) is 1. The summed E-state index contributed by atoms with van der Waals surface area (Å²) in [5, 5.41) is 7.00. The summed E-state index contributed by atoms with van der Waals surface area (Å²) < 4.78 is 5.63. The second-order valence-electron chi connectivity index (χ2n) is 5.37. The fourth-order valence-corrected chi connectivity index (χ4v) is 1.89. The highest BCUT2D eigenvalue weighted by atomic mass is 16.5. The number of hydrogen-bond acceptors (Lipinski definition) is 3. The Kier molecular flexibility index (Phi) is 7.53. The topological polar surface area (TPSA) is 33.3 Å². The Morgan fingerprint density at radius 2 is 1.84 bits per heavy atom. The van der Waals surface area contributed by atoms with Gasteiger partial charge in [0, 0.05) is 24.7 Å². The molecule has 19 heavy (non-hydrogen) atoms. The van der Waals surface area contributed by atoms with Crippen LogP contribution in [0.15, 0.2) is 24.3 Å². The Morgan fingerprint density at radius 3 is 2.53 bits per heavy atom. The van der Waals surface area contributed by atoms with Crippen LogP contribution >= 0.6 is 0 Å². The van der Waals surface area contributed by atoms with Crippen molar-refractivity contribution < 1.29 is 4.74 Å². The van der Waals surface area contributed by atoms with Crippen molar-refractivity contribution in [3.63, 3.8) is 0 Å². The van der Waals surface area contributed by atoms with Crippen LogP contribution in [0, 0.1) is 5.92 Å². The highest BCUT2D eigenvalue weighted by molar-refractivity contribution is 5.33.